The Bertz CT molecular complexity index is 724. The molecule has 0 radical (unpaired) electrons. The van der Waals surface area contributed by atoms with Gasteiger partial charge in [-0.05, 0) is 31.9 Å². The molecule has 0 aliphatic carbocycles. The molecule has 160 valence electrons. The van der Waals surface area contributed by atoms with Crippen LogP contribution in [0.2, 0.25) is 0 Å². The van der Waals surface area contributed by atoms with Crippen molar-refractivity contribution in [2.75, 3.05) is 57.8 Å². The van der Waals surface area contributed by atoms with E-state index in [-0.39, 0.29) is 23.8 Å². The summed E-state index contributed by atoms with van der Waals surface area (Å²) in [6.45, 7) is 9.38. The SMILES string of the molecule is CC(=O)N(CCCN1CCOCC1)C1CCN(C(=O)Nc2cccc(F)c2C)C1. The van der Waals surface area contributed by atoms with E-state index < -0.39 is 0 Å². The van der Waals surface area contributed by atoms with Crippen molar-refractivity contribution in [2.24, 2.45) is 0 Å². The number of amides is 3. The minimum Gasteiger partial charge on any atom is -0.379 e. The second-order valence-corrected chi connectivity index (χ2v) is 7.75. The van der Waals surface area contributed by atoms with Gasteiger partial charge in [0.1, 0.15) is 5.82 Å². The Morgan fingerprint density at radius 2 is 2.03 bits per heavy atom. The molecule has 8 heteroatoms. The number of morpholine rings is 1. The molecule has 2 aliphatic heterocycles. The number of carbonyl (C=O) groups excluding carboxylic acids is 2. The second kappa shape index (κ2) is 10.0. The highest BCUT2D eigenvalue weighted by molar-refractivity contribution is 5.90. The summed E-state index contributed by atoms with van der Waals surface area (Å²) in [4.78, 5) is 30.8. The lowest BCUT2D eigenvalue weighted by Crippen LogP contribution is -2.44. The summed E-state index contributed by atoms with van der Waals surface area (Å²) in [7, 11) is 0. The topological polar surface area (TPSA) is 65.1 Å². The third kappa shape index (κ3) is 5.67. The molecule has 2 fully saturated rings. The Labute approximate surface area is 171 Å². The van der Waals surface area contributed by atoms with E-state index in [9.17, 15) is 14.0 Å². The zero-order chi connectivity index (χ0) is 20.8. The van der Waals surface area contributed by atoms with Crippen LogP contribution in [0.3, 0.4) is 0 Å². The monoisotopic (exact) mass is 406 g/mol. The van der Waals surface area contributed by atoms with Crippen LogP contribution in [0, 0.1) is 12.7 Å². The number of ether oxygens (including phenoxy) is 1. The maximum atomic E-state index is 13.7. The smallest absolute Gasteiger partial charge is 0.321 e. The summed E-state index contributed by atoms with van der Waals surface area (Å²) in [6, 6.07) is 4.42. The Kier molecular flexibility index (Phi) is 7.44. The van der Waals surface area contributed by atoms with Crippen LogP contribution in [0.15, 0.2) is 18.2 Å². The first-order valence-electron chi connectivity index (χ1n) is 10.3. The third-order valence-electron chi connectivity index (χ3n) is 5.78. The molecule has 0 spiro atoms. The number of urea groups is 1. The van der Waals surface area contributed by atoms with Crippen LogP contribution >= 0.6 is 0 Å². The van der Waals surface area contributed by atoms with Gasteiger partial charge >= 0.3 is 6.03 Å². The Hall–Kier alpha value is -2.19. The van der Waals surface area contributed by atoms with Gasteiger partial charge in [-0.2, -0.15) is 0 Å². The summed E-state index contributed by atoms with van der Waals surface area (Å²) < 4.78 is 19.1. The average Bonchev–Trinajstić information content (AvgIpc) is 3.19. The van der Waals surface area contributed by atoms with E-state index >= 15 is 0 Å². The number of anilines is 1. The van der Waals surface area contributed by atoms with E-state index in [1.807, 2.05) is 4.90 Å². The lowest BCUT2D eigenvalue weighted by atomic mass is 10.2. The number of hydrogen-bond acceptors (Lipinski definition) is 4. The largest absolute Gasteiger partial charge is 0.379 e. The summed E-state index contributed by atoms with van der Waals surface area (Å²) >= 11 is 0. The molecular formula is C21H31FN4O3. The van der Waals surface area contributed by atoms with Gasteiger partial charge in [0.2, 0.25) is 5.91 Å². The summed E-state index contributed by atoms with van der Waals surface area (Å²) in [5, 5.41) is 2.79. The molecular weight excluding hydrogens is 375 g/mol. The second-order valence-electron chi connectivity index (χ2n) is 7.75. The van der Waals surface area contributed by atoms with Crippen LogP contribution in [-0.2, 0) is 9.53 Å². The number of likely N-dealkylation sites (tertiary alicyclic amines) is 1. The lowest BCUT2D eigenvalue weighted by molar-refractivity contribution is -0.131. The number of hydrogen-bond donors (Lipinski definition) is 1. The van der Waals surface area contributed by atoms with E-state index in [1.54, 1.807) is 30.9 Å². The predicted molar refractivity (Wildman–Crippen MR) is 109 cm³/mol. The normalized spacial score (nSPS) is 20.0. The van der Waals surface area contributed by atoms with Gasteiger partial charge < -0.3 is 19.9 Å². The molecule has 3 amide bonds. The van der Waals surface area contributed by atoms with Crippen molar-refractivity contribution in [3.63, 3.8) is 0 Å². The Morgan fingerprint density at radius 3 is 2.76 bits per heavy atom. The first-order chi connectivity index (χ1) is 14.0. The van der Waals surface area contributed by atoms with Crippen LogP contribution in [0.1, 0.15) is 25.3 Å². The molecule has 7 nitrogen and oxygen atoms in total. The van der Waals surface area contributed by atoms with Crippen molar-refractivity contribution >= 4 is 17.6 Å². The summed E-state index contributed by atoms with van der Waals surface area (Å²) in [5.41, 5.74) is 0.900. The molecule has 1 N–H and O–H groups in total. The van der Waals surface area contributed by atoms with E-state index in [0.717, 1.165) is 45.7 Å². The predicted octanol–water partition coefficient (Wildman–Crippen LogP) is 2.31. The lowest BCUT2D eigenvalue weighted by Gasteiger charge is -2.30. The average molecular weight is 407 g/mol. The fraction of sp³-hybridized carbons (Fsp3) is 0.619. The molecule has 29 heavy (non-hydrogen) atoms. The molecule has 0 saturated carbocycles. The maximum Gasteiger partial charge on any atom is 0.321 e. The van der Waals surface area contributed by atoms with Crippen LogP contribution in [0.25, 0.3) is 0 Å². The quantitative estimate of drug-likeness (QED) is 0.788. The van der Waals surface area contributed by atoms with Crippen molar-refractivity contribution in [3.8, 4) is 0 Å². The minimum absolute atomic E-state index is 0.0246. The standard InChI is InChI=1S/C21H31FN4O3/c1-16-19(22)5-3-6-20(16)23-21(28)25-10-7-18(15-25)26(17(2)27)9-4-8-24-11-13-29-14-12-24/h3,5-6,18H,4,7-15H2,1-2H3,(H,23,28). The zero-order valence-electron chi connectivity index (χ0n) is 17.3. The van der Waals surface area contributed by atoms with Crippen molar-refractivity contribution < 1.29 is 18.7 Å². The Morgan fingerprint density at radius 1 is 1.28 bits per heavy atom. The van der Waals surface area contributed by atoms with E-state index in [1.165, 1.54) is 6.07 Å². The first-order valence-corrected chi connectivity index (χ1v) is 10.3. The van der Waals surface area contributed by atoms with Gasteiger partial charge in [-0.1, -0.05) is 6.07 Å². The van der Waals surface area contributed by atoms with Crippen LogP contribution in [0.5, 0.6) is 0 Å². The van der Waals surface area contributed by atoms with E-state index in [0.29, 0.717) is 30.9 Å². The highest BCUT2D eigenvalue weighted by Gasteiger charge is 2.31. The van der Waals surface area contributed by atoms with Crippen molar-refractivity contribution in [1.82, 2.24) is 14.7 Å². The maximum absolute atomic E-state index is 13.7. The van der Waals surface area contributed by atoms with Crippen LogP contribution in [-0.4, -0.2) is 85.2 Å². The molecule has 0 aromatic heterocycles. The van der Waals surface area contributed by atoms with E-state index in [2.05, 4.69) is 10.2 Å². The highest BCUT2D eigenvalue weighted by atomic mass is 19.1. The molecule has 2 saturated heterocycles. The number of nitrogens with one attached hydrogen (secondary N) is 1. The minimum atomic E-state index is -0.342. The summed E-state index contributed by atoms with van der Waals surface area (Å²) in [6.07, 6.45) is 1.66. The molecule has 2 heterocycles. The fourth-order valence-electron chi connectivity index (χ4n) is 4.00. The van der Waals surface area contributed by atoms with Gasteiger partial charge in [0, 0.05) is 57.4 Å². The van der Waals surface area contributed by atoms with Gasteiger partial charge in [-0.25, -0.2) is 9.18 Å². The molecule has 1 unspecified atom stereocenters. The van der Waals surface area contributed by atoms with Gasteiger partial charge in [0.05, 0.1) is 19.3 Å². The number of halogens is 1. The molecule has 0 bridgehead atoms. The van der Waals surface area contributed by atoms with Gasteiger partial charge in [0.25, 0.3) is 0 Å². The third-order valence-corrected chi connectivity index (χ3v) is 5.78. The molecule has 1 aromatic rings. The number of carbonyl (C=O) groups is 2. The van der Waals surface area contributed by atoms with Crippen molar-refractivity contribution in [1.29, 1.82) is 0 Å². The van der Waals surface area contributed by atoms with Crippen LogP contribution in [0.4, 0.5) is 14.9 Å². The zero-order valence-corrected chi connectivity index (χ0v) is 17.3. The van der Waals surface area contributed by atoms with Crippen molar-refractivity contribution in [3.05, 3.63) is 29.6 Å². The molecule has 3 rings (SSSR count). The van der Waals surface area contributed by atoms with Crippen LogP contribution < -0.4 is 5.32 Å². The van der Waals surface area contributed by atoms with Crippen molar-refractivity contribution in [2.45, 2.75) is 32.7 Å². The van der Waals surface area contributed by atoms with Gasteiger partial charge in [-0.15, -0.1) is 0 Å². The molecule has 2 aliphatic rings. The molecule has 1 aromatic carbocycles. The fourth-order valence-corrected chi connectivity index (χ4v) is 4.00. The highest BCUT2D eigenvalue weighted by Crippen LogP contribution is 2.21. The molecule has 1 atom stereocenters. The summed E-state index contributed by atoms with van der Waals surface area (Å²) in [5.74, 6) is -0.301. The van der Waals surface area contributed by atoms with E-state index in [4.69, 9.17) is 4.74 Å². The Balaban J connectivity index is 1.50. The van der Waals surface area contributed by atoms with Gasteiger partial charge in [0.15, 0.2) is 0 Å². The number of rotatable bonds is 6. The first kappa shape index (κ1) is 21.5. The van der Waals surface area contributed by atoms with Gasteiger partial charge in [-0.3, -0.25) is 9.69 Å². The number of nitrogens with zero attached hydrogens (tertiary/aromatic N) is 3. The number of benzene rings is 1.